The number of benzene rings is 1. The molecule has 0 aliphatic rings. The SMILES string of the molecule is Nc1nc(-c2ccncc2)nc2nn(Cc3ccccc3Br)cc12. The van der Waals surface area contributed by atoms with Crippen molar-refractivity contribution in [1.29, 1.82) is 0 Å². The highest BCUT2D eigenvalue weighted by molar-refractivity contribution is 9.10. The lowest BCUT2D eigenvalue weighted by Gasteiger charge is -2.03. The molecule has 0 saturated heterocycles. The minimum absolute atomic E-state index is 0.421. The largest absolute Gasteiger partial charge is 0.383 e. The van der Waals surface area contributed by atoms with Crippen LogP contribution in [0.2, 0.25) is 0 Å². The van der Waals surface area contributed by atoms with E-state index in [-0.39, 0.29) is 0 Å². The third-order valence-corrected chi connectivity index (χ3v) is 4.46. The molecular weight excluding hydrogens is 368 g/mol. The smallest absolute Gasteiger partial charge is 0.186 e. The van der Waals surface area contributed by atoms with E-state index in [0.29, 0.717) is 23.8 Å². The molecule has 0 radical (unpaired) electrons. The van der Waals surface area contributed by atoms with Crippen LogP contribution in [0.5, 0.6) is 0 Å². The van der Waals surface area contributed by atoms with Crippen molar-refractivity contribution in [2.45, 2.75) is 6.54 Å². The number of fused-ring (bicyclic) bond motifs is 1. The van der Waals surface area contributed by atoms with Crippen LogP contribution in [0.1, 0.15) is 5.56 Å². The molecule has 6 nitrogen and oxygen atoms in total. The number of pyridine rings is 1. The van der Waals surface area contributed by atoms with E-state index in [2.05, 4.69) is 36.0 Å². The first-order chi connectivity index (χ1) is 11.7. The van der Waals surface area contributed by atoms with Crippen molar-refractivity contribution in [1.82, 2.24) is 24.7 Å². The van der Waals surface area contributed by atoms with Gasteiger partial charge in [0.1, 0.15) is 5.82 Å². The molecule has 0 unspecified atom stereocenters. The van der Waals surface area contributed by atoms with E-state index in [1.807, 2.05) is 47.3 Å². The van der Waals surface area contributed by atoms with Gasteiger partial charge in [0, 0.05) is 28.6 Å². The third kappa shape index (κ3) is 2.74. The molecule has 4 aromatic rings. The maximum Gasteiger partial charge on any atom is 0.186 e. The molecule has 0 spiro atoms. The van der Waals surface area contributed by atoms with Crippen LogP contribution in [0.4, 0.5) is 5.82 Å². The summed E-state index contributed by atoms with van der Waals surface area (Å²) in [6.07, 6.45) is 5.27. The zero-order chi connectivity index (χ0) is 16.5. The number of nitrogens with zero attached hydrogens (tertiary/aromatic N) is 5. The van der Waals surface area contributed by atoms with E-state index >= 15 is 0 Å². The van der Waals surface area contributed by atoms with Crippen LogP contribution in [0.25, 0.3) is 22.4 Å². The van der Waals surface area contributed by atoms with Gasteiger partial charge >= 0.3 is 0 Å². The minimum atomic E-state index is 0.421. The van der Waals surface area contributed by atoms with E-state index in [4.69, 9.17) is 5.73 Å². The lowest BCUT2D eigenvalue weighted by Crippen LogP contribution is -2.00. The van der Waals surface area contributed by atoms with Crippen LogP contribution in [-0.2, 0) is 6.54 Å². The summed E-state index contributed by atoms with van der Waals surface area (Å²) in [4.78, 5) is 12.9. The second kappa shape index (κ2) is 6.01. The number of halogens is 1. The average molecular weight is 381 g/mol. The second-order valence-electron chi connectivity index (χ2n) is 5.32. The number of hydrogen-bond acceptors (Lipinski definition) is 5. The van der Waals surface area contributed by atoms with E-state index < -0.39 is 0 Å². The topological polar surface area (TPSA) is 82.5 Å². The Morgan fingerprint density at radius 3 is 2.62 bits per heavy atom. The van der Waals surface area contributed by atoms with Crippen molar-refractivity contribution in [3.8, 4) is 11.4 Å². The Kier molecular flexibility index (Phi) is 3.70. The van der Waals surface area contributed by atoms with Gasteiger partial charge in [-0.2, -0.15) is 5.10 Å². The number of anilines is 1. The minimum Gasteiger partial charge on any atom is -0.383 e. The maximum absolute atomic E-state index is 6.10. The van der Waals surface area contributed by atoms with Crippen molar-refractivity contribution in [3.63, 3.8) is 0 Å². The van der Waals surface area contributed by atoms with Crippen molar-refractivity contribution in [2.24, 2.45) is 0 Å². The number of aromatic nitrogens is 5. The summed E-state index contributed by atoms with van der Waals surface area (Å²) in [5.41, 5.74) is 8.68. The summed E-state index contributed by atoms with van der Waals surface area (Å²) in [5, 5.41) is 5.30. The summed E-state index contributed by atoms with van der Waals surface area (Å²) >= 11 is 3.55. The Labute approximate surface area is 146 Å². The van der Waals surface area contributed by atoms with Crippen LogP contribution in [0.3, 0.4) is 0 Å². The van der Waals surface area contributed by atoms with Gasteiger partial charge in [0.2, 0.25) is 0 Å². The van der Waals surface area contributed by atoms with Gasteiger partial charge in [0.15, 0.2) is 11.5 Å². The number of nitrogens with two attached hydrogens (primary N) is 1. The van der Waals surface area contributed by atoms with Crippen molar-refractivity contribution < 1.29 is 0 Å². The van der Waals surface area contributed by atoms with Gasteiger partial charge in [-0.1, -0.05) is 34.1 Å². The van der Waals surface area contributed by atoms with Gasteiger partial charge in [-0.15, -0.1) is 0 Å². The Hall–Kier alpha value is -2.80. The first-order valence-corrected chi connectivity index (χ1v) is 8.14. The maximum atomic E-state index is 6.10. The number of rotatable bonds is 3. The second-order valence-corrected chi connectivity index (χ2v) is 6.18. The molecule has 4 rings (SSSR count). The molecular formula is C17H13BrN6. The van der Waals surface area contributed by atoms with Crippen LogP contribution >= 0.6 is 15.9 Å². The van der Waals surface area contributed by atoms with Crippen LogP contribution in [0.15, 0.2) is 59.5 Å². The molecule has 1 aromatic carbocycles. The highest BCUT2D eigenvalue weighted by atomic mass is 79.9. The molecule has 0 bridgehead atoms. The van der Waals surface area contributed by atoms with Crippen molar-refractivity contribution in [2.75, 3.05) is 5.73 Å². The molecule has 0 aliphatic carbocycles. The number of hydrogen-bond donors (Lipinski definition) is 1. The third-order valence-electron chi connectivity index (χ3n) is 3.69. The molecule has 118 valence electrons. The predicted octanol–water partition coefficient (Wildman–Crippen LogP) is 3.28. The monoisotopic (exact) mass is 380 g/mol. The lowest BCUT2D eigenvalue weighted by molar-refractivity contribution is 0.691. The van der Waals surface area contributed by atoms with E-state index in [0.717, 1.165) is 21.0 Å². The van der Waals surface area contributed by atoms with Crippen LogP contribution in [-0.4, -0.2) is 24.7 Å². The average Bonchev–Trinajstić information content (AvgIpc) is 3.01. The first kappa shape index (κ1) is 14.8. The summed E-state index contributed by atoms with van der Waals surface area (Å²) in [6, 6.07) is 11.7. The molecule has 3 aromatic heterocycles. The first-order valence-electron chi connectivity index (χ1n) is 7.35. The van der Waals surface area contributed by atoms with Crippen LogP contribution in [0, 0.1) is 0 Å². The fourth-order valence-corrected chi connectivity index (χ4v) is 2.90. The summed E-state index contributed by atoms with van der Waals surface area (Å²) in [7, 11) is 0. The summed E-state index contributed by atoms with van der Waals surface area (Å²) in [6.45, 7) is 0.627. The Morgan fingerprint density at radius 1 is 1.04 bits per heavy atom. The standard InChI is InChI=1S/C17H13BrN6/c18-14-4-2-1-3-12(14)9-24-10-13-15(19)21-16(22-17(13)23-24)11-5-7-20-8-6-11/h1-8,10H,9H2,(H2,19,21,22,23). The molecule has 24 heavy (non-hydrogen) atoms. The Morgan fingerprint density at radius 2 is 1.83 bits per heavy atom. The number of nitrogen functional groups attached to an aromatic ring is 1. The summed E-state index contributed by atoms with van der Waals surface area (Å²) < 4.78 is 2.87. The molecule has 3 heterocycles. The van der Waals surface area contributed by atoms with Gasteiger partial charge < -0.3 is 5.73 Å². The normalized spacial score (nSPS) is 11.0. The molecule has 0 atom stereocenters. The zero-order valence-corrected chi connectivity index (χ0v) is 14.2. The summed E-state index contributed by atoms with van der Waals surface area (Å²) in [5.74, 6) is 0.971. The van der Waals surface area contributed by atoms with Crippen molar-refractivity contribution >= 4 is 32.8 Å². The molecule has 0 amide bonds. The molecule has 2 N–H and O–H groups in total. The fraction of sp³-hybridized carbons (Fsp3) is 0.0588. The molecule has 0 fully saturated rings. The molecule has 0 aliphatic heterocycles. The molecule has 0 saturated carbocycles. The van der Waals surface area contributed by atoms with Crippen molar-refractivity contribution in [3.05, 3.63) is 65.0 Å². The van der Waals surface area contributed by atoms with Gasteiger partial charge in [-0.3, -0.25) is 9.67 Å². The van der Waals surface area contributed by atoms with Gasteiger partial charge in [0.25, 0.3) is 0 Å². The predicted molar refractivity (Wildman–Crippen MR) is 96.2 cm³/mol. The van der Waals surface area contributed by atoms with E-state index in [1.54, 1.807) is 12.4 Å². The Balaban J connectivity index is 1.76. The van der Waals surface area contributed by atoms with E-state index in [9.17, 15) is 0 Å². The zero-order valence-electron chi connectivity index (χ0n) is 12.6. The Bertz CT molecular complexity index is 1010. The fourth-order valence-electron chi connectivity index (χ4n) is 2.49. The lowest BCUT2D eigenvalue weighted by atomic mass is 10.2. The highest BCUT2D eigenvalue weighted by Crippen LogP contribution is 2.23. The molecule has 7 heteroatoms. The van der Waals surface area contributed by atoms with Crippen LogP contribution < -0.4 is 5.73 Å². The highest BCUT2D eigenvalue weighted by Gasteiger charge is 2.11. The quantitative estimate of drug-likeness (QED) is 0.589. The van der Waals surface area contributed by atoms with Gasteiger partial charge in [-0.05, 0) is 23.8 Å². The van der Waals surface area contributed by atoms with Gasteiger partial charge in [-0.25, -0.2) is 9.97 Å². The van der Waals surface area contributed by atoms with E-state index in [1.165, 1.54) is 0 Å². The van der Waals surface area contributed by atoms with Gasteiger partial charge in [0.05, 0.1) is 11.9 Å².